The van der Waals surface area contributed by atoms with E-state index in [1.165, 1.54) is 84.0 Å². The van der Waals surface area contributed by atoms with E-state index in [0.717, 1.165) is 45.0 Å². The number of hydrogen-bond acceptors (Lipinski definition) is 16. The average molecular weight is 1410 g/mol. The number of hydrogen-bond donors (Lipinski definition) is 3. The van der Waals surface area contributed by atoms with Gasteiger partial charge in [-0.3, -0.25) is 24.4 Å². The molecule has 0 radical (unpaired) electrons. The summed E-state index contributed by atoms with van der Waals surface area (Å²) in [5.41, 5.74) is 13.6. The minimum absolute atomic E-state index is 0.0771. The highest BCUT2D eigenvalue weighted by atomic mass is 19.1. The second-order valence-corrected chi connectivity index (χ2v) is 23.0. The molecular formula is C81H96F4N4O13. The first-order valence-corrected chi connectivity index (χ1v) is 33.2. The Bertz CT molecular complexity index is 3310. The summed E-state index contributed by atoms with van der Waals surface area (Å²) < 4.78 is 88.7. The maximum absolute atomic E-state index is 13.3. The Kier molecular flexibility index (Phi) is 39.8. The summed E-state index contributed by atoms with van der Waals surface area (Å²) in [7, 11) is 11.8. The quantitative estimate of drug-likeness (QED) is 0.00650. The van der Waals surface area contributed by atoms with Crippen LogP contribution in [0, 0.1) is 46.9 Å². The van der Waals surface area contributed by atoms with E-state index in [0.29, 0.717) is 64.3 Å². The Morgan fingerprint density at radius 2 is 0.647 bits per heavy atom. The zero-order chi connectivity index (χ0) is 74.6. The van der Waals surface area contributed by atoms with E-state index >= 15 is 0 Å². The molecule has 0 fully saturated rings. The van der Waals surface area contributed by atoms with Crippen LogP contribution in [-0.4, -0.2) is 105 Å². The van der Waals surface area contributed by atoms with Gasteiger partial charge in [0, 0.05) is 76.6 Å². The van der Waals surface area contributed by atoms with E-state index in [4.69, 9.17) is 28.4 Å². The lowest BCUT2D eigenvalue weighted by molar-refractivity contribution is -0.148. The Morgan fingerprint density at radius 3 is 0.892 bits per heavy atom. The summed E-state index contributed by atoms with van der Waals surface area (Å²) in [4.78, 5) is 63.1. The number of para-hydroxylation sites is 4. The van der Waals surface area contributed by atoms with E-state index in [9.17, 15) is 46.7 Å². The number of anilines is 4. The fourth-order valence-electron chi connectivity index (χ4n) is 11.2. The van der Waals surface area contributed by atoms with Gasteiger partial charge in [-0.15, -0.1) is 6.58 Å². The van der Waals surface area contributed by atoms with Gasteiger partial charge in [-0.05, 0) is 171 Å². The molecule has 1 amide bonds. The molecule has 0 bridgehead atoms. The van der Waals surface area contributed by atoms with Crippen molar-refractivity contribution in [2.45, 2.75) is 75.8 Å². The number of allylic oxidation sites excluding steroid dienone is 1. The number of benzene rings is 8. The van der Waals surface area contributed by atoms with Crippen LogP contribution in [0.4, 0.5) is 40.3 Å². The van der Waals surface area contributed by atoms with Crippen molar-refractivity contribution in [3.8, 4) is 0 Å². The second kappa shape index (κ2) is 48.0. The van der Waals surface area contributed by atoms with Crippen molar-refractivity contribution >= 4 is 52.9 Å². The highest BCUT2D eigenvalue weighted by molar-refractivity contribution is 5.78. The standard InChI is InChI=1S/C26H28FNO3.C25H27FN2O3.C15H19FO3.C14H17FO4.CH5N/c1-30-25(20-13-15-22(27)16-14-20)19-21(26(29)31-2)17-18-28(23-9-5-3-6-10-23)24-11-7-4-8-12-24;1-31-24(19-12-14-21(26)15-13-19)18-20(25(29)27-30)16-17-28(22-8-4-2-5-9-22)23-10-6-3-7-11-23;1-4-5-12(15(17)19-3)10-14(18-2)11-6-8-13(16)9-7-11;1-18-13(10-3-5-12(15)6-4-10)9-11(7-8-16)14(17)19-2;1-2/h3-16,21,25H,17-19H2,1-2H3;2-15,20,24,30H,16-18H2,1H3,(H,27,29);4,6-9,12,14H,1,5,10H2,2-3H3;3-6,8,11,13H,7,9H2,1-2H3;2H2,1H3/t21-,25+;20-,24+;12-,14+;11-,13+;/m0000./s1. The molecule has 8 aromatic rings. The monoisotopic (exact) mass is 1410 g/mol. The fraction of sp³-hybridized carbons (Fsp3) is 0.321. The molecule has 0 unspecified atom stereocenters. The largest absolute Gasteiger partial charge is 0.469 e. The van der Waals surface area contributed by atoms with Gasteiger partial charge in [0.1, 0.15) is 29.6 Å². The molecular weight excluding hydrogens is 1310 g/mol. The summed E-state index contributed by atoms with van der Waals surface area (Å²) in [5.74, 6) is -4.48. The van der Waals surface area contributed by atoms with Crippen LogP contribution < -0.4 is 21.0 Å². The molecule has 8 atom stereocenters. The maximum atomic E-state index is 13.3. The SMILES string of the molecule is C=CC[C@@H](C[C@@H](OC)c1ccc(F)cc1)C(=O)OC.CN.COC(=O)[C@@H](CC=O)C[C@@H](OC)c1ccc(F)cc1.COC(=O)[C@@H](CCN(c1ccccc1)c1ccccc1)C[C@@H](OC)c1ccc(F)cc1.CO[C@H](C[C@H](CCN(c1ccccc1)c1ccccc1)C(=O)NO)c1ccc(F)cc1. The van der Waals surface area contributed by atoms with Gasteiger partial charge in [0.25, 0.3) is 0 Å². The van der Waals surface area contributed by atoms with Gasteiger partial charge in [-0.1, -0.05) is 127 Å². The highest BCUT2D eigenvalue weighted by Crippen LogP contribution is 2.34. The Labute approximate surface area is 597 Å². The number of nitrogens with one attached hydrogen (secondary N) is 1. The van der Waals surface area contributed by atoms with Crippen molar-refractivity contribution in [2.24, 2.45) is 29.4 Å². The van der Waals surface area contributed by atoms with E-state index < -0.39 is 29.8 Å². The van der Waals surface area contributed by atoms with E-state index in [1.54, 1.807) is 81.4 Å². The minimum atomic E-state index is -0.558. The number of hydroxylamine groups is 1. The summed E-state index contributed by atoms with van der Waals surface area (Å²) >= 11 is 0. The fourth-order valence-corrected chi connectivity index (χ4v) is 11.2. The predicted octanol–water partition coefficient (Wildman–Crippen LogP) is 16.3. The number of amides is 1. The van der Waals surface area contributed by atoms with Crippen LogP contribution in [-0.2, 0) is 57.1 Å². The van der Waals surface area contributed by atoms with Crippen LogP contribution in [0.25, 0.3) is 0 Å². The topological polar surface area (TPSA) is 215 Å². The summed E-state index contributed by atoms with van der Waals surface area (Å²) in [6.07, 6.45) is 4.23. The molecule has 0 saturated carbocycles. The zero-order valence-corrected chi connectivity index (χ0v) is 59.2. The zero-order valence-electron chi connectivity index (χ0n) is 59.2. The van der Waals surface area contributed by atoms with Crippen molar-refractivity contribution in [2.75, 3.05) is 79.7 Å². The highest BCUT2D eigenvalue weighted by Gasteiger charge is 2.29. The third-order valence-corrected chi connectivity index (χ3v) is 16.7. The molecule has 0 aliphatic heterocycles. The van der Waals surface area contributed by atoms with Crippen LogP contribution in [0.3, 0.4) is 0 Å². The van der Waals surface area contributed by atoms with E-state index in [1.807, 2.05) is 97.1 Å². The number of ether oxygens (including phenoxy) is 7. The van der Waals surface area contributed by atoms with Gasteiger partial charge in [-0.25, -0.2) is 23.0 Å². The first-order chi connectivity index (χ1) is 49.5. The molecule has 8 rings (SSSR count). The molecule has 8 aromatic carbocycles. The first-order valence-electron chi connectivity index (χ1n) is 33.2. The minimum Gasteiger partial charge on any atom is -0.469 e. The van der Waals surface area contributed by atoms with Crippen molar-refractivity contribution in [3.63, 3.8) is 0 Å². The lowest BCUT2D eigenvalue weighted by atomic mass is 9.93. The van der Waals surface area contributed by atoms with Gasteiger partial charge in [0.15, 0.2) is 0 Å². The maximum Gasteiger partial charge on any atom is 0.309 e. The molecule has 17 nitrogen and oxygen atoms in total. The molecule has 0 saturated heterocycles. The third-order valence-electron chi connectivity index (χ3n) is 16.7. The Hall–Kier alpha value is -9.87. The van der Waals surface area contributed by atoms with Crippen LogP contribution in [0.1, 0.15) is 98.0 Å². The normalized spacial score (nSPS) is 12.9. The molecule has 546 valence electrons. The van der Waals surface area contributed by atoms with Crippen LogP contribution >= 0.6 is 0 Å². The number of halogens is 4. The summed E-state index contributed by atoms with van der Waals surface area (Å²) in [5, 5.41) is 9.29. The molecule has 0 aliphatic carbocycles. The number of aldehydes is 1. The number of esters is 3. The van der Waals surface area contributed by atoms with E-state index in [2.05, 4.69) is 51.1 Å². The van der Waals surface area contributed by atoms with E-state index in [-0.39, 0.29) is 71.8 Å². The molecule has 102 heavy (non-hydrogen) atoms. The summed E-state index contributed by atoms with van der Waals surface area (Å²) in [6.45, 7) is 4.83. The van der Waals surface area contributed by atoms with Crippen molar-refractivity contribution in [1.29, 1.82) is 0 Å². The van der Waals surface area contributed by atoms with Crippen LogP contribution in [0.5, 0.6) is 0 Å². The smallest absolute Gasteiger partial charge is 0.309 e. The van der Waals surface area contributed by atoms with Crippen molar-refractivity contribution < 1.29 is 79.9 Å². The second-order valence-electron chi connectivity index (χ2n) is 23.0. The Balaban J connectivity index is 0.000000293. The number of methoxy groups -OCH3 is 7. The molecule has 0 aliphatic rings. The van der Waals surface area contributed by atoms with Gasteiger partial charge >= 0.3 is 17.9 Å². The summed E-state index contributed by atoms with van der Waals surface area (Å²) in [6, 6.07) is 64.2. The third kappa shape index (κ3) is 28.6. The molecule has 0 aromatic heterocycles. The van der Waals surface area contributed by atoms with Gasteiger partial charge < -0.3 is 53.5 Å². The van der Waals surface area contributed by atoms with Crippen molar-refractivity contribution in [1.82, 2.24) is 5.48 Å². The van der Waals surface area contributed by atoms with Gasteiger partial charge in [0.2, 0.25) is 5.91 Å². The number of rotatable bonds is 34. The van der Waals surface area contributed by atoms with Gasteiger partial charge in [-0.2, -0.15) is 0 Å². The number of carbonyl (C=O) groups is 5. The lowest BCUT2D eigenvalue weighted by Crippen LogP contribution is -2.32. The van der Waals surface area contributed by atoms with Crippen LogP contribution in [0.15, 0.2) is 231 Å². The van der Waals surface area contributed by atoms with Gasteiger partial charge in [0.05, 0.1) is 63.5 Å². The number of nitrogens with zero attached hydrogens (tertiary/aromatic N) is 2. The molecule has 0 heterocycles. The Morgan fingerprint density at radius 1 is 0.402 bits per heavy atom. The molecule has 0 spiro atoms. The number of carbonyl (C=O) groups excluding carboxylic acids is 5. The van der Waals surface area contributed by atoms with Crippen molar-refractivity contribution in [3.05, 3.63) is 277 Å². The predicted molar refractivity (Wildman–Crippen MR) is 388 cm³/mol. The first kappa shape index (κ1) is 84.5. The molecule has 21 heteroatoms. The number of nitrogens with two attached hydrogens (primary N) is 1. The molecule has 4 N–H and O–H groups in total. The lowest BCUT2D eigenvalue weighted by Gasteiger charge is -2.28. The van der Waals surface area contributed by atoms with Crippen LogP contribution in [0.2, 0.25) is 0 Å². The average Bonchev–Trinajstić information content (AvgIpc) is 0.850.